The van der Waals surface area contributed by atoms with Crippen molar-refractivity contribution in [3.8, 4) is 5.75 Å². The molecule has 1 aromatic heterocycles. The Balaban J connectivity index is 1.79. The third-order valence-corrected chi connectivity index (χ3v) is 3.72. The smallest absolute Gasteiger partial charge is 0.159 e. The number of rotatable bonds is 7. The average molecular weight is 362 g/mol. The van der Waals surface area contributed by atoms with Crippen LogP contribution in [0, 0.1) is 0 Å². The number of ether oxygens (including phenoxy) is 1. The molecule has 0 amide bonds. The summed E-state index contributed by atoms with van der Waals surface area (Å²) in [6.07, 6.45) is 1.55. The van der Waals surface area contributed by atoms with Gasteiger partial charge in [-0.3, -0.25) is 4.79 Å². The molecule has 3 aromatic rings. The second-order valence-corrected chi connectivity index (χ2v) is 6.34. The fraction of sp³-hybridized carbons (Fsp3) is 0.190. The molecule has 138 valence electrons. The summed E-state index contributed by atoms with van der Waals surface area (Å²) in [7, 11) is 0. The Hall–Kier alpha value is -3.41. The predicted octanol–water partition coefficient (Wildman–Crippen LogP) is 4.95. The summed E-state index contributed by atoms with van der Waals surface area (Å²) in [6, 6.07) is 16.8. The van der Waals surface area contributed by atoms with Crippen LogP contribution in [0.2, 0.25) is 0 Å². The van der Waals surface area contributed by atoms with E-state index in [4.69, 9.17) is 4.74 Å². The van der Waals surface area contributed by atoms with Crippen molar-refractivity contribution in [3.63, 3.8) is 0 Å². The van der Waals surface area contributed by atoms with Crippen molar-refractivity contribution in [2.24, 2.45) is 0 Å². The molecule has 6 nitrogen and oxygen atoms in total. The first-order valence-electron chi connectivity index (χ1n) is 8.74. The van der Waals surface area contributed by atoms with Crippen LogP contribution in [0.15, 0.2) is 60.9 Å². The minimum Gasteiger partial charge on any atom is -0.489 e. The Kier molecular flexibility index (Phi) is 5.66. The Morgan fingerprint density at radius 3 is 2.44 bits per heavy atom. The molecule has 2 aromatic carbocycles. The maximum atomic E-state index is 11.5. The fourth-order valence-corrected chi connectivity index (χ4v) is 2.52. The van der Waals surface area contributed by atoms with E-state index < -0.39 is 0 Å². The lowest BCUT2D eigenvalue weighted by molar-refractivity contribution is 0.101. The topological polar surface area (TPSA) is 76.1 Å². The highest BCUT2D eigenvalue weighted by Gasteiger charge is 2.07. The van der Waals surface area contributed by atoms with E-state index >= 15 is 0 Å². The molecule has 0 saturated heterocycles. The lowest BCUT2D eigenvalue weighted by Crippen LogP contribution is -2.07. The fourth-order valence-electron chi connectivity index (χ4n) is 2.52. The number of benzene rings is 2. The first-order valence-corrected chi connectivity index (χ1v) is 8.74. The van der Waals surface area contributed by atoms with Gasteiger partial charge in [0.25, 0.3) is 0 Å². The Morgan fingerprint density at radius 1 is 0.963 bits per heavy atom. The zero-order chi connectivity index (χ0) is 19.2. The molecular weight excluding hydrogens is 340 g/mol. The molecule has 0 aliphatic rings. The van der Waals surface area contributed by atoms with Crippen molar-refractivity contribution in [2.45, 2.75) is 26.9 Å². The van der Waals surface area contributed by atoms with Gasteiger partial charge in [-0.1, -0.05) is 24.3 Å². The van der Waals surface area contributed by atoms with Crippen molar-refractivity contribution in [1.29, 1.82) is 0 Å². The van der Waals surface area contributed by atoms with Gasteiger partial charge < -0.3 is 15.4 Å². The number of Topliss-reactive ketones (excluding diaryl/α,β-unsaturated/α-hetero) is 1. The summed E-state index contributed by atoms with van der Waals surface area (Å²) in [6.45, 7) is 5.51. The quantitative estimate of drug-likeness (QED) is 0.579. The zero-order valence-electron chi connectivity index (χ0n) is 15.6. The number of para-hydroxylation sites is 2. The second kappa shape index (κ2) is 8.31. The minimum atomic E-state index is 0.0189. The van der Waals surface area contributed by atoms with Gasteiger partial charge in [-0.25, -0.2) is 9.97 Å². The number of nitrogens with one attached hydrogen (secondary N) is 2. The molecule has 0 fully saturated rings. The summed E-state index contributed by atoms with van der Waals surface area (Å²) < 4.78 is 5.83. The van der Waals surface area contributed by atoms with E-state index in [1.165, 1.54) is 6.33 Å². The number of anilines is 4. The molecule has 27 heavy (non-hydrogen) atoms. The van der Waals surface area contributed by atoms with Crippen molar-refractivity contribution in [2.75, 3.05) is 10.6 Å². The summed E-state index contributed by atoms with van der Waals surface area (Å²) in [5.41, 5.74) is 2.26. The number of nitrogens with zero attached hydrogens (tertiary/aromatic N) is 2. The Bertz CT molecular complexity index is 941. The van der Waals surface area contributed by atoms with E-state index in [1.54, 1.807) is 25.1 Å². The van der Waals surface area contributed by atoms with Crippen molar-refractivity contribution < 1.29 is 9.53 Å². The molecule has 0 unspecified atom stereocenters. The molecule has 0 spiro atoms. The molecule has 0 saturated carbocycles. The normalized spacial score (nSPS) is 10.5. The number of hydrogen-bond donors (Lipinski definition) is 2. The summed E-state index contributed by atoms with van der Waals surface area (Å²) in [5.74, 6) is 2.03. The van der Waals surface area contributed by atoms with Crippen LogP contribution in [0.3, 0.4) is 0 Å². The van der Waals surface area contributed by atoms with Gasteiger partial charge in [0, 0.05) is 17.3 Å². The van der Waals surface area contributed by atoms with Gasteiger partial charge in [-0.15, -0.1) is 0 Å². The van der Waals surface area contributed by atoms with E-state index in [0.717, 1.165) is 17.1 Å². The van der Waals surface area contributed by atoms with Gasteiger partial charge >= 0.3 is 0 Å². The van der Waals surface area contributed by atoms with Gasteiger partial charge in [0.1, 0.15) is 23.7 Å². The number of carbonyl (C=O) groups is 1. The van der Waals surface area contributed by atoms with Crippen molar-refractivity contribution in [3.05, 3.63) is 66.5 Å². The molecule has 0 aliphatic heterocycles. The monoisotopic (exact) mass is 362 g/mol. The highest BCUT2D eigenvalue weighted by Crippen LogP contribution is 2.28. The largest absolute Gasteiger partial charge is 0.489 e. The van der Waals surface area contributed by atoms with E-state index in [0.29, 0.717) is 17.2 Å². The SMILES string of the molecule is CC(=O)c1cccc(Nc2cc(Nc3ccccc3OC(C)C)ncn2)c1. The third kappa shape index (κ3) is 5.04. The lowest BCUT2D eigenvalue weighted by Gasteiger charge is -2.15. The number of ketones is 1. The average Bonchev–Trinajstić information content (AvgIpc) is 2.63. The van der Waals surface area contributed by atoms with Gasteiger partial charge in [-0.05, 0) is 45.0 Å². The first-order chi connectivity index (χ1) is 13.0. The van der Waals surface area contributed by atoms with E-state index in [-0.39, 0.29) is 11.9 Å². The molecule has 2 N–H and O–H groups in total. The van der Waals surface area contributed by atoms with Crippen LogP contribution >= 0.6 is 0 Å². The first kappa shape index (κ1) is 18.4. The van der Waals surface area contributed by atoms with E-state index in [9.17, 15) is 4.79 Å². The van der Waals surface area contributed by atoms with Crippen LogP contribution in [-0.4, -0.2) is 21.9 Å². The molecule has 0 atom stereocenters. The van der Waals surface area contributed by atoms with Crippen LogP contribution in [-0.2, 0) is 0 Å². The Labute approximate surface area is 158 Å². The number of hydrogen-bond acceptors (Lipinski definition) is 6. The van der Waals surface area contributed by atoms with Crippen LogP contribution in [0.25, 0.3) is 0 Å². The zero-order valence-corrected chi connectivity index (χ0v) is 15.6. The lowest BCUT2D eigenvalue weighted by atomic mass is 10.1. The highest BCUT2D eigenvalue weighted by atomic mass is 16.5. The number of carbonyl (C=O) groups excluding carboxylic acids is 1. The van der Waals surface area contributed by atoms with E-state index in [1.807, 2.05) is 50.2 Å². The standard InChI is InChI=1S/C21H22N4O2/c1-14(2)27-19-10-5-4-9-18(19)25-21-12-20(22-13-23-21)24-17-8-6-7-16(11-17)15(3)26/h4-14H,1-3H3,(H2,22,23,24,25). The van der Waals surface area contributed by atoms with Crippen molar-refractivity contribution in [1.82, 2.24) is 9.97 Å². The van der Waals surface area contributed by atoms with Gasteiger partial charge in [-0.2, -0.15) is 0 Å². The second-order valence-electron chi connectivity index (χ2n) is 6.34. The number of aromatic nitrogens is 2. The van der Waals surface area contributed by atoms with Gasteiger partial charge in [0.05, 0.1) is 11.8 Å². The molecule has 6 heteroatoms. The molecule has 0 bridgehead atoms. The van der Waals surface area contributed by atoms with Crippen LogP contribution in [0.1, 0.15) is 31.1 Å². The Morgan fingerprint density at radius 2 is 1.70 bits per heavy atom. The molecule has 0 aliphatic carbocycles. The van der Waals surface area contributed by atoms with Crippen LogP contribution in [0.4, 0.5) is 23.0 Å². The molecule has 3 rings (SSSR count). The summed E-state index contributed by atoms with van der Waals surface area (Å²) in [4.78, 5) is 20.1. The maximum Gasteiger partial charge on any atom is 0.159 e. The molecule has 1 heterocycles. The summed E-state index contributed by atoms with van der Waals surface area (Å²) in [5, 5.41) is 6.46. The predicted molar refractivity (Wildman–Crippen MR) is 107 cm³/mol. The maximum absolute atomic E-state index is 11.5. The van der Waals surface area contributed by atoms with Gasteiger partial charge in [0.2, 0.25) is 0 Å². The molecule has 0 radical (unpaired) electrons. The minimum absolute atomic E-state index is 0.0189. The van der Waals surface area contributed by atoms with Gasteiger partial charge in [0.15, 0.2) is 5.78 Å². The summed E-state index contributed by atoms with van der Waals surface area (Å²) >= 11 is 0. The van der Waals surface area contributed by atoms with Crippen LogP contribution in [0.5, 0.6) is 5.75 Å². The molecular formula is C21H22N4O2. The van der Waals surface area contributed by atoms with E-state index in [2.05, 4.69) is 20.6 Å². The van der Waals surface area contributed by atoms with Crippen molar-refractivity contribution >= 4 is 28.8 Å². The highest BCUT2D eigenvalue weighted by molar-refractivity contribution is 5.95. The van der Waals surface area contributed by atoms with Crippen LogP contribution < -0.4 is 15.4 Å². The third-order valence-electron chi connectivity index (χ3n) is 3.72.